The van der Waals surface area contributed by atoms with Gasteiger partial charge in [-0.05, 0) is 23.8 Å². The van der Waals surface area contributed by atoms with Crippen LogP contribution in [-0.4, -0.2) is 19.7 Å². The number of thiophene rings is 1. The van der Waals surface area contributed by atoms with E-state index in [2.05, 4.69) is 6.07 Å². The van der Waals surface area contributed by atoms with Crippen LogP contribution in [0.2, 0.25) is 0 Å². The molecule has 3 rings (SSSR count). The van der Waals surface area contributed by atoms with Crippen molar-refractivity contribution in [2.45, 2.75) is 11.9 Å². The number of carbonyl (C=O) groups is 1. The topological polar surface area (TPSA) is 51.2 Å². The number of sulfone groups is 1. The number of allylic oxidation sites excluding steroid dienone is 1. The van der Waals surface area contributed by atoms with Gasteiger partial charge in [0.25, 0.3) is 9.84 Å². The fraction of sp³-hybridized carbons (Fsp3) is 0.133. The summed E-state index contributed by atoms with van der Waals surface area (Å²) in [6.07, 6.45) is -0.00131. The summed E-state index contributed by atoms with van der Waals surface area (Å²) in [5, 5.41) is 0. The van der Waals surface area contributed by atoms with Crippen molar-refractivity contribution in [3.8, 4) is 10.4 Å². The average Bonchev–Trinajstić information content (AvgIpc) is 2.91. The quantitative estimate of drug-likeness (QED) is 0.739. The van der Waals surface area contributed by atoms with E-state index in [1.165, 1.54) is 24.3 Å². The molecule has 0 fully saturated rings. The van der Waals surface area contributed by atoms with Crippen LogP contribution in [0.3, 0.4) is 0 Å². The van der Waals surface area contributed by atoms with E-state index in [0.29, 0.717) is 10.4 Å². The predicted octanol–water partition coefficient (Wildman–Crippen LogP) is 4.22. The fourth-order valence-electron chi connectivity index (χ4n) is 2.17. The van der Waals surface area contributed by atoms with Crippen LogP contribution in [-0.2, 0) is 9.84 Å². The van der Waals surface area contributed by atoms with E-state index in [9.17, 15) is 30.8 Å². The van der Waals surface area contributed by atoms with Gasteiger partial charge >= 0.3 is 5.51 Å². The highest BCUT2D eigenvalue weighted by atomic mass is 32.2. The van der Waals surface area contributed by atoms with Gasteiger partial charge in [-0.3, -0.25) is 4.79 Å². The predicted molar refractivity (Wildman–Crippen MR) is 80.4 cm³/mol. The third-order valence-electron chi connectivity index (χ3n) is 3.36. The van der Waals surface area contributed by atoms with Gasteiger partial charge in [0, 0.05) is 27.8 Å². The van der Waals surface area contributed by atoms with Crippen LogP contribution in [0.1, 0.15) is 21.7 Å². The second-order valence-corrected chi connectivity index (χ2v) is 8.01. The third kappa shape index (κ3) is 2.78. The van der Waals surface area contributed by atoms with Crippen molar-refractivity contribution in [1.82, 2.24) is 0 Å². The molecule has 1 aliphatic carbocycles. The molecule has 0 spiro atoms. The minimum Gasteiger partial charge on any atom is -0.294 e. The molecule has 9 heteroatoms. The molecule has 1 aromatic heterocycles. The van der Waals surface area contributed by atoms with Crippen molar-refractivity contribution >= 4 is 33.0 Å². The molecule has 1 aliphatic rings. The fourth-order valence-corrected chi connectivity index (χ4v) is 4.23. The maximum atomic E-state index is 12.9. The van der Waals surface area contributed by atoms with Crippen molar-refractivity contribution in [1.29, 1.82) is 0 Å². The number of halogens is 4. The van der Waals surface area contributed by atoms with Crippen molar-refractivity contribution in [2.24, 2.45) is 0 Å². The summed E-state index contributed by atoms with van der Waals surface area (Å²) in [7, 11) is -5.55. The Hall–Kier alpha value is -2.00. The van der Waals surface area contributed by atoms with E-state index in [-0.39, 0.29) is 10.4 Å². The van der Waals surface area contributed by atoms with Crippen molar-refractivity contribution < 1.29 is 30.8 Å². The molecule has 0 aliphatic heterocycles. The lowest BCUT2D eigenvalue weighted by Gasteiger charge is -2.14. The number of fused-ring (bicyclic) bond motifs is 1. The Morgan fingerprint density at radius 3 is 2.33 bits per heavy atom. The first-order valence-electron chi connectivity index (χ1n) is 6.47. The van der Waals surface area contributed by atoms with Gasteiger partial charge in [0.15, 0.2) is 5.78 Å². The standard InChI is InChI=1S/C15H7F4O3S2/c16-9-3-1-8(2-4-9)13-7-11-12(20)5-10(6-14(11)23-13)24(21,22)15(17,18)19/h1-4,6H,5H2. The van der Waals surface area contributed by atoms with E-state index in [1.807, 2.05) is 0 Å². The number of carbonyl (C=O) groups excluding carboxylic acids is 1. The molecule has 0 N–H and O–H groups in total. The first kappa shape index (κ1) is 16.8. The van der Waals surface area contributed by atoms with Gasteiger partial charge in [-0.15, -0.1) is 11.3 Å². The first-order chi connectivity index (χ1) is 11.1. The third-order valence-corrected chi connectivity index (χ3v) is 6.00. The zero-order valence-electron chi connectivity index (χ0n) is 11.6. The number of hydrogen-bond donors (Lipinski definition) is 0. The zero-order valence-corrected chi connectivity index (χ0v) is 13.3. The summed E-state index contributed by atoms with van der Waals surface area (Å²) in [5.74, 6) is -1.21. The van der Waals surface area contributed by atoms with Crippen LogP contribution in [0.15, 0.2) is 29.2 Å². The monoisotopic (exact) mass is 375 g/mol. The van der Waals surface area contributed by atoms with Gasteiger partial charge in [-0.25, -0.2) is 12.8 Å². The Bertz CT molecular complexity index is 952. The minimum atomic E-state index is -5.55. The maximum Gasteiger partial charge on any atom is 0.501 e. The van der Waals surface area contributed by atoms with Crippen molar-refractivity contribution in [3.63, 3.8) is 0 Å². The molecule has 2 aromatic rings. The maximum absolute atomic E-state index is 12.9. The molecule has 0 bridgehead atoms. The normalized spacial score (nSPS) is 15.2. The lowest BCUT2D eigenvalue weighted by molar-refractivity contribution is -0.0426. The smallest absolute Gasteiger partial charge is 0.294 e. The van der Waals surface area contributed by atoms with Crippen LogP contribution in [0.4, 0.5) is 17.6 Å². The van der Waals surface area contributed by atoms with Crippen LogP contribution in [0.5, 0.6) is 0 Å². The summed E-state index contributed by atoms with van der Waals surface area (Å²) >= 11 is 0.922. The Morgan fingerprint density at radius 1 is 1.12 bits per heavy atom. The van der Waals surface area contributed by atoms with Crippen LogP contribution < -0.4 is 0 Å². The summed E-state index contributed by atoms with van der Waals surface area (Å²) in [5.41, 5.74) is -4.89. The van der Waals surface area contributed by atoms with Crippen LogP contribution in [0.25, 0.3) is 16.5 Å². The minimum absolute atomic E-state index is 0.0421. The molecule has 0 amide bonds. The molecule has 0 atom stereocenters. The van der Waals surface area contributed by atoms with Crippen LogP contribution >= 0.6 is 11.3 Å². The van der Waals surface area contributed by atoms with Gasteiger partial charge in [-0.1, -0.05) is 12.1 Å². The van der Waals surface area contributed by atoms with E-state index >= 15 is 0 Å². The highest BCUT2D eigenvalue weighted by Crippen LogP contribution is 2.40. The van der Waals surface area contributed by atoms with Gasteiger partial charge in [0.1, 0.15) is 5.82 Å². The van der Waals surface area contributed by atoms with Crippen molar-refractivity contribution in [2.75, 3.05) is 0 Å². The van der Waals surface area contributed by atoms with Crippen LogP contribution in [0, 0.1) is 11.9 Å². The summed E-state index contributed by atoms with van der Waals surface area (Å²) in [6, 6.07) is 8.01. The number of Topliss-reactive ketones (excluding diaryl/α,β-unsaturated/α-hetero) is 1. The largest absolute Gasteiger partial charge is 0.501 e. The number of hydrogen-bond acceptors (Lipinski definition) is 4. The van der Waals surface area contributed by atoms with Gasteiger partial charge in [0.05, 0.1) is 4.91 Å². The first-order valence-corrected chi connectivity index (χ1v) is 8.77. The number of alkyl halides is 3. The lowest BCUT2D eigenvalue weighted by Crippen LogP contribution is -2.27. The molecule has 1 heterocycles. The van der Waals surface area contributed by atoms with E-state index in [0.717, 1.165) is 17.4 Å². The van der Waals surface area contributed by atoms with Gasteiger partial charge < -0.3 is 0 Å². The summed E-state index contributed by atoms with van der Waals surface area (Å²) in [6.45, 7) is 0. The van der Waals surface area contributed by atoms with E-state index in [4.69, 9.17) is 0 Å². The van der Waals surface area contributed by atoms with Gasteiger partial charge in [-0.2, -0.15) is 13.2 Å². The second kappa shape index (κ2) is 5.52. The lowest BCUT2D eigenvalue weighted by atomic mass is 10.0. The van der Waals surface area contributed by atoms with E-state index < -0.39 is 38.3 Å². The average molecular weight is 375 g/mol. The Balaban J connectivity index is 2.08. The molecular weight excluding hydrogens is 368 g/mol. The Kier molecular flexibility index (Phi) is 3.88. The summed E-state index contributed by atoms with van der Waals surface area (Å²) in [4.78, 5) is 11.5. The van der Waals surface area contributed by atoms with Gasteiger partial charge in [0.2, 0.25) is 0 Å². The molecule has 3 nitrogen and oxygen atoms in total. The number of ketones is 1. The van der Waals surface area contributed by atoms with E-state index in [1.54, 1.807) is 0 Å². The number of rotatable bonds is 2. The molecule has 0 saturated heterocycles. The Labute approximate surface area is 138 Å². The molecule has 1 radical (unpaired) electrons. The highest BCUT2D eigenvalue weighted by molar-refractivity contribution is 7.96. The zero-order chi connectivity index (χ0) is 17.7. The Morgan fingerprint density at radius 2 is 1.75 bits per heavy atom. The van der Waals surface area contributed by atoms with Crippen molar-refractivity contribution in [3.05, 3.63) is 51.5 Å². The highest BCUT2D eigenvalue weighted by Gasteiger charge is 2.49. The molecule has 24 heavy (non-hydrogen) atoms. The molecule has 125 valence electrons. The number of benzene rings is 1. The molecular formula is C15H7F4O3S2. The SMILES string of the molecule is O=C1CC(S(=O)(=O)C(F)(F)F)=Cc2sc(-c3ccc(F)cc3)[c]c21. The second-order valence-electron chi connectivity index (χ2n) is 4.96. The summed E-state index contributed by atoms with van der Waals surface area (Å²) < 4.78 is 73.9. The molecule has 1 aromatic carbocycles. The molecule has 0 saturated carbocycles. The molecule has 0 unspecified atom stereocenters.